The van der Waals surface area contributed by atoms with Gasteiger partial charge in [0.05, 0.1) is 17.9 Å². The first-order valence-electron chi connectivity index (χ1n) is 8.21. The summed E-state index contributed by atoms with van der Waals surface area (Å²) in [5, 5.41) is 6.66. The molecular weight excluding hydrogens is 312 g/mol. The quantitative estimate of drug-likeness (QED) is 0.740. The summed E-state index contributed by atoms with van der Waals surface area (Å²) >= 11 is 0. The third-order valence-electron chi connectivity index (χ3n) is 3.37. The Morgan fingerprint density at radius 3 is 2.44 bits per heavy atom. The van der Waals surface area contributed by atoms with Gasteiger partial charge in [0.2, 0.25) is 5.95 Å². The zero-order valence-corrected chi connectivity index (χ0v) is 14.7. The normalized spacial score (nSPS) is 11.2. The summed E-state index contributed by atoms with van der Waals surface area (Å²) in [6.07, 6.45) is 5.30. The van der Waals surface area contributed by atoms with E-state index in [1.807, 2.05) is 36.4 Å². The Hall–Kier alpha value is -3.02. The molecule has 3 aromatic rings. The number of nitrogens with one attached hydrogen (secondary N) is 2. The number of hydrogen-bond donors (Lipinski definition) is 2. The molecule has 3 heterocycles. The van der Waals surface area contributed by atoms with Crippen molar-refractivity contribution in [1.29, 1.82) is 0 Å². The molecule has 3 aromatic heterocycles. The second-order valence-electron chi connectivity index (χ2n) is 6.75. The van der Waals surface area contributed by atoms with E-state index < -0.39 is 0 Å². The molecule has 0 saturated heterocycles. The average Bonchev–Trinajstić information content (AvgIpc) is 2.60. The topological polar surface area (TPSA) is 75.6 Å². The fraction of sp³-hybridized carbons (Fsp3) is 0.263. The van der Waals surface area contributed by atoms with E-state index in [9.17, 15) is 0 Å². The molecule has 6 heteroatoms. The van der Waals surface area contributed by atoms with Crippen LogP contribution in [0.15, 0.2) is 55.0 Å². The minimum absolute atomic E-state index is 0.130. The van der Waals surface area contributed by atoms with Crippen LogP contribution in [-0.4, -0.2) is 25.5 Å². The van der Waals surface area contributed by atoms with E-state index in [4.69, 9.17) is 0 Å². The van der Waals surface area contributed by atoms with Gasteiger partial charge < -0.3 is 10.6 Å². The summed E-state index contributed by atoms with van der Waals surface area (Å²) in [4.78, 5) is 17.6. The maximum absolute atomic E-state index is 4.64. The van der Waals surface area contributed by atoms with Crippen LogP contribution in [0.5, 0.6) is 0 Å². The van der Waals surface area contributed by atoms with Crippen LogP contribution in [0.3, 0.4) is 0 Å². The molecule has 0 aliphatic heterocycles. The molecule has 0 aliphatic rings. The maximum Gasteiger partial charge on any atom is 0.225 e. The molecule has 0 fully saturated rings. The van der Waals surface area contributed by atoms with Gasteiger partial charge in [-0.05, 0) is 45.0 Å². The average molecular weight is 334 g/mol. The lowest BCUT2D eigenvalue weighted by Crippen LogP contribution is -2.27. The third kappa shape index (κ3) is 4.97. The molecule has 0 atom stereocenters. The summed E-state index contributed by atoms with van der Waals surface area (Å²) in [6.45, 7) is 6.84. The van der Waals surface area contributed by atoms with Crippen LogP contribution in [0.2, 0.25) is 0 Å². The molecule has 128 valence electrons. The molecule has 0 radical (unpaired) electrons. The van der Waals surface area contributed by atoms with Gasteiger partial charge in [0.1, 0.15) is 5.82 Å². The van der Waals surface area contributed by atoms with E-state index in [1.165, 1.54) is 0 Å². The molecular formula is C19H22N6. The number of pyridine rings is 2. The highest BCUT2D eigenvalue weighted by Crippen LogP contribution is 2.22. The van der Waals surface area contributed by atoms with Crippen molar-refractivity contribution in [3.63, 3.8) is 0 Å². The molecule has 6 nitrogen and oxygen atoms in total. The molecule has 3 rings (SSSR count). The largest absolute Gasteiger partial charge is 0.364 e. The number of hydrogen-bond acceptors (Lipinski definition) is 6. The van der Waals surface area contributed by atoms with E-state index in [2.05, 4.69) is 51.3 Å². The first kappa shape index (κ1) is 16.8. The number of anilines is 2. The first-order valence-corrected chi connectivity index (χ1v) is 8.21. The molecule has 0 unspecified atom stereocenters. The van der Waals surface area contributed by atoms with Gasteiger partial charge in [0.15, 0.2) is 0 Å². The van der Waals surface area contributed by atoms with Gasteiger partial charge in [-0.15, -0.1) is 0 Å². The Morgan fingerprint density at radius 1 is 0.960 bits per heavy atom. The lowest BCUT2D eigenvalue weighted by molar-refractivity contribution is 0.626. The fourth-order valence-corrected chi connectivity index (χ4v) is 2.28. The molecule has 0 amide bonds. The SMILES string of the molecule is CC(C)(C)Nc1nc(NCc2ccccn2)cc(-c2ccncc2)n1. The molecule has 0 bridgehead atoms. The third-order valence-corrected chi connectivity index (χ3v) is 3.37. The van der Waals surface area contributed by atoms with E-state index in [-0.39, 0.29) is 5.54 Å². The number of nitrogens with zero attached hydrogens (tertiary/aromatic N) is 4. The Kier molecular flexibility index (Phi) is 4.88. The zero-order chi connectivity index (χ0) is 17.7. The van der Waals surface area contributed by atoms with Crippen molar-refractivity contribution in [3.8, 4) is 11.3 Å². The van der Waals surface area contributed by atoms with Crippen LogP contribution in [-0.2, 0) is 6.54 Å². The lowest BCUT2D eigenvalue weighted by Gasteiger charge is -2.21. The standard InChI is InChI=1S/C19H22N6/c1-19(2,3)25-18-23-16(14-7-10-20-11-8-14)12-17(24-18)22-13-15-6-4-5-9-21-15/h4-12H,13H2,1-3H3,(H2,22,23,24,25). The predicted molar refractivity (Wildman–Crippen MR) is 100 cm³/mol. The van der Waals surface area contributed by atoms with Crippen LogP contribution < -0.4 is 10.6 Å². The van der Waals surface area contributed by atoms with Crippen LogP contribution in [0.1, 0.15) is 26.5 Å². The monoisotopic (exact) mass is 334 g/mol. The number of aromatic nitrogens is 4. The summed E-state index contributed by atoms with van der Waals surface area (Å²) in [5.74, 6) is 1.34. The van der Waals surface area contributed by atoms with Gasteiger partial charge in [0, 0.05) is 35.8 Å². The van der Waals surface area contributed by atoms with Crippen molar-refractivity contribution in [2.75, 3.05) is 10.6 Å². The molecule has 0 saturated carbocycles. The summed E-state index contributed by atoms with van der Waals surface area (Å²) < 4.78 is 0. The van der Waals surface area contributed by atoms with Gasteiger partial charge in [-0.1, -0.05) is 6.07 Å². The maximum atomic E-state index is 4.64. The van der Waals surface area contributed by atoms with Crippen LogP contribution in [0, 0.1) is 0 Å². The van der Waals surface area contributed by atoms with Crippen molar-refractivity contribution in [3.05, 3.63) is 60.7 Å². The Labute approximate surface area is 147 Å². The Bertz CT molecular complexity index is 812. The molecule has 25 heavy (non-hydrogen) atoms. The minimum atomic E-state index is -0.130. The number of rotatable bonds is 5. The smallest absolute Gasteiger partial charge is 0.225 e. The predicted octanol–water partition coefficient (Wildman–Crippen LogP) is 3.76. The molecule has 0 spiro atoms. The summed E-state index contributed by atoms with van der Waals surface area (Å²) in [6, 6.07) is 11.7. The van der Waals surface area contributed by atoms with Crippen molar-refractivity contribution >= 4 is 11.8 Å². The molecule has 0 aliphatic carbocycles. The molecule has 0 aromatic carbocycles. The van der Waals surface area contributed by atoms with Crippen molar-refractivity contribution in [2.45, 2.75) is 32.9 Å². The van der Waals surface area contributed by atoms with Gasteiger partial charge in [-0.25, -0.2) is 4.98 Å². The van der Waals surface area contributed by atoms with Crippen molar-refractivity contribution in [2.24, 2.45) is 0 Å². The fourth-order valence-electron chi connectivity index (χ4n) is 2.28. The van der Waals surface area contributed by atoms with Gasteiger partial charge >= 0.3 is 0 Å². The minimum Gasteiger partial charge on any atom is -0.364 e. The van der Waals surface area contributed by atoms with Gasteiger partial charge in [-0.3, -0.25) is 9.97 Å². The van der Waals surface area contributed by atoms with Crippen molar-refractivity contribution < 1.29 is 0 Å². The van der Waals surface area contributed by atoms with E-state index >= 15 is 0 Å². The van der Waals surface area contributed by atoms with Gasteiger partial charge in [-0.2, -0.15) is 4.98 Å². The second-order valence-corrected chi connectivity index (χ2v) is 6.75. The van der Waals surface area contributed by atoms with Crippen molar-refractivity contribution in [1.82, 2.24) is 19.9 Å². The zero-order valence-electron chi connectivity index (χ0n) is 14.7. The van der Waals surface area contributed by atoms with E-state index in [0.29, 0.717) is 12.5 Å². The van der Waals surface area contributed by atoms with Crippen LogP contribution in [0.4, 0.5) is 11.8 Å². The van der Waals surface area contributed by atoms with Crippen LogP contribution >= 0.6 is 0 Å². The van der Waals surface area contributed by atoms with Gasteiger partial charge in [0.25, 0.3) is 0 Å². The Morgan fingerprint density at radius 2 is 1.76 bits per heavy atom. The Balaban J connectivity index is 1.89. The highest BCUT2D eigenvalue weighted by atomic mass is 15.2. The van der Waals surface area contributed by atoms with E-state index in [0.717, 1.165) is 22.8 Å². The highest BCUT2D eigenvalue weighted by molar-refractivity contribution is 5.64. The second kappa shape index (κ2) is 7.25. The molecule has 2 N–H and O–H groups in total. The lowest BCUT2D eigenvalue weighted by atomic mass is 10.1. The summed E-state index contributed by atoms with van der Waals surface area (Å²) in [5.41, 5.74) is 2.66. The summed E-state index contributed by atoms with van der Waals surface area (Å²) in [7, 11) is 0. The highest BCUT2D eigenvalue weighted by Gasteiger charge is 2.14. The van der Waals surface area contributed by atoms with Crippen LogP contribution in [0.25, 0.3) is 11.3 Å². The van der Waals surface area contributed by atoms with E-state index in [1.54, 1.807) is 18.6 Å². The first-order chi connectivity index (χ1) is 12.0.